The molecule has 0 amide bonds. The van der Waals surface area contributed by atoms with E-state index in [0.717, 1.165) is 77.0 Å². The zero-order valence-electron chi connectivity index (χ0n) is 42.1. The molecule has 0 unspecified atom stereocenters. The minimum atomic E-state index is -0.775. The van der Waals surface area contributed by atoms with Crippen LogP contribution in [0.3, 0.4) is 0 Å². The largest absolute Gasteiger partial charge is 0.462 e. The van der Waals surface area contributed by atoms with E-state index in [-0.39, 0.29) is 31.1 Å². The third-order valence-electron chi connectivity index (χ3n) is 12.1. The zero-order chi connectivity index (χ0) is 45.8. The van der Waals surface area contributed by atoms with Crippen LogP contribution < -0.4 is 0 Å². The quantitative estimate of drug-likeness (QED) is 0.0262. The average molecular weight is 885 g/mol. The minimum absolute atomic E-state index is 0.0758. The Hall–Kier alpha value is -2.37. The molecule has 0 aromatic heterocycles. The number of ether oxygens (including phenoxy) is 3. The molecule has 0 aliphatic rings. The molecule has 368 valence electrons. The van der Waals surface area contributed by atoms with Gasteiger partial charge in [0.15, 0.2) is 6.10 Å². The SMILES string of the molecule is CCCCC/C=C\C/C=C\CCCCCCCCCC(=O)OC[C@@H](COC(=O)CCCCCCC/C=C\CCCCC)OC(=O)CCCCCCCCCCCCCCCCCC. The van der Waals surface area contributed by atoms with Crippen molar-refractivity contribution in [3.63, 3.8) is 0 Å². The number of esters is 3. The Morgan fingerprint density at radius 3 is 0.921 bits per heavy atom. The van der Waals surface area contributed by atoms with Gasteiger partial charge in [0.05, 0.1) is 0 Å². The van der Waals surface area contributed by atoms with Crippen molar-refractivity contribution in [1.29, 1.82) is 0 Å². The molecule has 6 heteroatoms. The van der Waals surface area contributed by atoms with Crippen LogP contribution in [0.1, 0.15) is 290 Å². The van der Waals surface area contributed by atoms with Crippen LogP contribution in [-0.2, 0) is 28.6 Å². The molecule has 6 nitrogen and oxygen atoms in total. The summed E-state index contributed by atoms with van der Waals surface area (Å²) in [6, 6.07) is 0. The van der Waals surface area contributed by atoms with Crippen LogP contribution >= 0.6 is 0 Å². The van der Waals surface area contributed by atoms with Gasteiger partial charge in [-0.05, 0) is 77.0 Å². The molecule has 0 spiro atoms. The fraction of sp³-hybridized carbons (Fsp3) is 0.842. The predicted octanol–water partition coefficient (Wildman–Crippen LogP) is 18.1. The van der Waals surface area contributed by atoms with Gasteiger partial charge in [-0.3, -0.25) is 14.4 Å². The van der Waals surface area contributed by atoms with Gasteiger partial charge in [0.1, 0.15) is 13.2 Å². The van der Waals surface area contributed by atoms with Crippen molar-refractivity contribution in [1.82, 2.24) is 0 Å². The first kappa shape index (κ1) is 60.6. The summed E-state index contributed by atoms with van der Waals surface area (Å²) in [7, 11) is 0. The van der Waals surface area contributed by atoms with Gasteiger partial charge in [-0.1, -0.05) is 231 Å². The number of unbranched alkanes of at least 4 members (excludes halogenated alkanes) is 33. The van der Waals surface area contributed by atoms with E-state index in [4.69, 9.17) is 14.2 Å². The number of carbonyl (C=O) groups excluding carboxylic acids is 3. The second-order valence-corrected chi connectivity index (χ2v) is 18.5. The highest BCUT2D eigenvalue weighted by atomic mass is 16.6. The normalized spacial score (nSPS) is 12.2. The van der Waals surface area contributed by atoms with Crippen LogP contribution in [0.2, 0.25) is 0 Å². The van der Waals surface area contributed by atoms with Gasteiger partial charge in [-0.2, -0.15) is 0 Å². The first-order valence-corrected chi connectivity index (χ1v) is 27.5. The summed E-state index contributed by atoms with van der Waals surface area (Å²) < 4.78 is 16.8. The summed E-state index contributed by atoms with van der Waals surface area (Å²) >= 11 is 0. The smallest absolute Gasteiger partial charge is 0.306 e. The van der Waals surface area contributed by atoms with Crippen LogP contribution in [0.25, 0.3) is 0 Å². The Balaban J connectivity index is 4.35. The summed E-state index contributed by atoms with van der Waals surface area (Å²) in [5.74, 6) is -0.878. The highest BCUT2D eigenvalue weighted by Gasteiger charge is 2.19. The van der Waals surface area contributed by atoms with Gasteiger partial charge in [0.25, 0.3) is 0 Å². The maximum absolute atomic E-state index is 12.8. The van der Waals surface area contributed by atoms with E-state index in [0.29, 0.717) is 19.3 Å². The van der Waals surface area contributed by atoms with Crippen molar-refractivity contribution in [2.75, 3.05) is 13.2 Å². The fourth-order valence-corrected chi connectivity index (χ4v) is 7.94. The second kappa shape index (κ2) is 52.3. The van der Waals surface area contributed by atoms with Crippen LogP contribution in [-0.4, -0.2) is 37.2 Å². The lowest BCUT2D eigenvalue weighted by molar-refractivity contribution is -0.167. The molecule has 0 aromatic rings. The fourth-order valence-electron chi connectivity index (χ4n) is 7.94. The number of hydrogen-bond donors (Lipinski definition) is 0. The van der Waals surface area contributed by atoms with Crippen molar-refractivity contribution in [2.24, 2.45) is 0 Å². The summed E-state index contributed by atoms with van der Waals surface area (Å²) in [6.45, 7) is 6.61. The first-order valence-electron chi connectivity index (χ1n) is 27.5. The Bertz CT molecular complexity index is 1060. The Kier molecular flexibility index (Phi) is 50.3. The lowest BCUT2D eigenvalue weighted by atomic mass is 10.0. The highest BCUT2D eigenvalue weighted by molar-refractivity contribution is 5.71. The molecule has 0 aliphatic carbocycles. The van der Waals surface area contributed by atoms with E-state index < -0.39 is 6.10 Å². The molecule has 0 aliphatic heterocycles. The maximum Gasteiger partial charge on any atom is 0.306 e. The molecule has 0 saturated carbocycles. The highest BCUT2D eigenvalue weighted by Crippen LogP contribution is 2.16. The van der Waals surface area contributed by atoms with Crippen molar-refractivity contribution in [3.05, 3.63) is 36.5 Å². The average Bonchev–Trinajstić information content (AvgIpc) is 3.28. The standard InChI is InChI=1S/C57H104O6/c1-4-7-10-13-16-19-22-25-27-29-31-32-35-38-41-44-47-50-56(59)62-53-54(52-61-55(58)49-46-43-40-37-34-24-21-18-15-12-9-6-3)63-57(60)51-48-45-42-39-36-33-30-28-26-23-20-17-14-11-8-5-2/h16,18-19,21,25,27,54H,4-15,17,20,22-24,26,28-53H2,1-3H3/b19-16-,21-18-,27-25-/t54-/m1/s1. The molecule has 0 bridgehead atoms. The van der Waals surface area contributed by atoms with Crippen LogP contribution in [0.4, 0.5) is 0 Å². The van der Waals surface area contributed by atoms with Crippen LogP contribution in [0.15, 0.2) is 36.5 Å². The van der Waals surface area contributed by atoms with E-state index in [1.54, 1.807) is 0 Å². The van der Waals surface area contributed by atoms with Crippen molar-refractivity contribution in [3.8, 4) is 0 Å². The van der Waals surface area contributed by atoms with Crippen molar-refractivity contribution in [2.45, 2.75) is 297 Å². The molecule has 0 fully saturated rings. The molecular formula is C57H104O6. The monoisotopic (exact) mass is 885 g/mol. The summed E-state index contributed by atoms with van der Waals surface area (Å²) in [5.41, 5.74) is 0. The molecule has 0 aromatic carbocycles. The van der Waals surface area contributed by atoms with Gasteiger partial charge < -0.3 is 14.2 Å². The topological polar surface area (TPSA) is 78.9 Å². The Morgan fingerprint density at radius 2 is 0.571 bits per heavy atom. The Labute approximate surface area is 391 Å². The molecule has 0 saturated heterocycles. The van der Waals surface area contributed by atoms with Gasteiger partial charge in [-0.15, -0.1) is 0 Å². The lowest BCUT2D eigenvalue weighted by Crippen LogP contribution is -2.30. The lowest BCUT2D eigenvalue weighted by Gasteiger charge is -2.18. The van der Waals surface area contributed by atoms with Crippen molar-refractivity contribution < 1.29 is 28.6 Å². The summed E-state index contributed by atoms with van der Waals surface area (Å²) in [5, 5.41) is 0. The third-order valence-corrected chi connectivity index (χ3v) is 12.1. The molecular weight excluding hydrogens is 781 g/mol. The van der Waals surface area contributed by atoms with Gasteiger partial charge in [-0.25, -0.2) is 0 Å². The van der Waals surface area contributed by atoms with E-state index in [1.807, 2.05) is 0 Å². The van der Waals surface area contributed by atoms with E-state index in [2.05, 4.69) is 57.2 Å². The van der Waals surface area contributed by atoms with Crippen LogP contribution in [0, 0.1) is 0 Å². The molecule has 0 radical (unpaired) electrons. The molecule has 63 heavy (non-hydrogen) atoms. The molecule has 1 atom stereocenters. The van der Waals surface area contributed by atoms with Gasteiger partial charge >= 0.3 is 17.9 Å². The Morgan fingerprint density at radius 1 is 0.317 bits per heavy atom. The molecule has 0 heterocycles. The van der Waals surface area contributed by atoms with E-state index in [9.17, 15) is 14.4 Å². The zero-order valence-corrected chi connectivity index (χ0v) is 42.1. The van der Waals surface area contributed by atoms with Crippen LogP contribution in [0.5, 0.6) is 0 Å². The van der Waals surface area contributed by atoms with Gasteiger partial charge in [0.2, 0.25) is 0 Å². The molecule has 0 N–H and O–H groups in total. The molecule has 0 rings (SSSR count). The summed E-state index contributed by atoms with van der Waals surface area (Å²) in [4.78, 5) is 38.0. The van der Waals surface area contributed by atoms with E-state index >= 15 is 0 Å². The van der Waals surface area contributed by atoms with Crippen molar-refractivity contribution >= 4 is 17.9 Å². The minimum Gasteiger partial charge on any atom is -0.462 e. The summed E-state index contributed by atoms with van der Waals surface area (Å²) in [6.07, 6.45) is 61.2. The predicted molar refractivity (Wildman–Crippen MR) is 270 cm³/mol. The first-order chi connectivity index (χ1) is 31.0. The second-order valence-electron chi connectivity index (χ2n) is 18.5. The number of allylic oxidation sites excluding steroid dienone is 6. The number of carbonyl (C=O) groups is 3. The maximum atomic E-state index is 12.8. The van der Waals surface area contributed by atoms with Gasteiger partial charge in [0, 0.05) is 19.3 Å². The number of hydrogen-bond acceptors (Lipinski definition) is 6. The number of rotatable bonds is 50. The van der Waals surface area contributed by atoms with E-state index in [1.165, 1.54) is 173 Å². The third kappa shape index (κ3) is 50.5.